The lowest BCUT2D eigenvalue weighted by Gasteiger charge is -2.16. The average molecular weight is 233 g/mol. The molecule has 2 heteroatoms. The molecule has 1 aliphatic rings. The van der Waals surface area contributed by atoms with Gasteiger partial charge in [0.25, 0.3) is 0 Å². The van der Waals surface area contributed by atoms with Crippen LogP contribution < -0.4 is 10.1 Å². The smallest absolute Gasteiger partial charge is 0.123 e. The maximum Gasteiger partial charge on any atom is 0.123 e. The van der Waals surface area contributed by atoms with E-state index in [1.165, 1.54) is 18.4 Å². The Labute approximate surface area is 104 Å². The molecule has 1 N–H and O–H groups in total. The molecule has 1 aromatic carbocycles. The summed E-state index contributed by atoms with van der Waals surface area (Å²) in [5.41, 5.74) is 1.37. The van der Waals surface area contributed by atoms with Gasteiger partial charge in [0.2, 0.25) is 0 Å². The molecule has 0 spiro atoms. The van der Waals surface area contributed by atoms with Gasteiger partial charge in [0.1, 0.15) is 11.9 Å². The van der Waals surface area contributed by atoms with Crippen LogP contribution in [0.5, 0.6) is 5.75 Å². The highest BCUT2D eigenvalue weighted by atomic mass is 16.5. The van der Waals surface area contributed by atoms with E-state index in [-0.39, 0.29) is 0 Å². The van der Waals surface area contributed by atoms with Crippen LogP contribution in [0.15, 0.2) is 24.3 Å². The van der Waals surface area contributed by atoms with E-state index in [0.29, 0.717) is 12.1 Å². The number of hydrogen-bond donors (Lipinski definition) is 1. The third-order valence-corrected chi connectivity index (χ3v) is 3.38. The topological polar surface area (TPSA) is 21.3 Å². The standard InChI is InChI=1S/C15H23NO/c1-3-10-16-12(2)8-9-14-11-13-6-4-5-7-15(13)17-14/h4-7,12,14,16H,3,8-11H2,1-2H3. The molecule has 1 aliphatic heterocycles. The summed E-state index contributed by atoms with van der Waals surface area (Å²) in [6, 6.07) is 8.99. The van der Waals surface area contributed by atoms with Crippen LogP contribution in [0.4, 0.5) is 0 Å². The van der Waals surface area contributed by atoms with Gasteiger partial charge in [-0.05, 0) is 44.4 Å². The molecule has 2 rings (SSSR count). The molecular formula is C15H23NO. The van der Waals surface area contributed by atoms with E-state index in [1.807, 2.05) is 6.07 Å². The monoisotopic (exact) mass is 233 g/mol. The summed E-state index contributed by atoms with van der Waals surface area (Å²) in [5, 5.41) is 3.52. The van der Waals surface area contributed by atoms with Gasteiger partial charge >= 0.3 is 0 Å². The summed E-state index contributed by atoms with van der Waals surface area (Å²) in [7, 11) is 0. The first-order valence-electron chi connectivity index (χ1n) is 6.77. The highest BCUT2D eigenvalue weighted by Gasteiger charge is 2.22. The normalized spacial score (nSPS) is 19.8. The number of hydrogen-bond acceptors (Lipinski definition) is 2. The van der Waals surface area contributed by atoms with Crippen LogP contribution in [0.2, 0.25) is 0 Å². The van der Waals surface area contributed by atoms with Gasteiger partial charge in [-0.25, -0.2) is 0 Å². The Morgan fingerprint density at radius 2 is 2.24 bits per heavy atom. The van der Waals surface area contributed by atoms with Crippen LogP contribution in [-0.4, -0.2) is 18.7 Å². The Kier molecular flexibility index (Phi) is 4.43. The molecule has 0 saturated carbocycles. The van der Waals surface area contributed by atoms with Crippen molar-refractivity contribution in [2.75, 3.05) is 6.54 Å². The van der Waals surface area contributed by atoms with Crippen LogP contribution in [0, 0.1) is 0 Å². The summed E-state index contributed by atoms with van der Waals surface area (Å²) in [6.45, 7) is 5.58. The van der Waals surface area contributed by atoms with Gasteiger partial charge < -0.3 is 10.1 Å². The minimum atomic E-state index is 0.387. The van der Waals surface area contributed by atoms with Gasteiger partial charge in [-0.15, -0.1) is 0 Å². The number of para-hydroxylation sites is 1. The number of benzene rings is 1. The van der Waals surface area contributed by atoms with Gasteiger partial charge in [-0.3, -0.25) is 0 Å². The van der Waals surface area contributed by atoms with Crippen molar-refractivity contribution in [1.82, 2.24) is 5.32 Å². The van der Waals surface area contributed by atoms with Crippen LogP contribution >= 0.6 is 0 Å². The summed E-state index contributed by atoms with van der Waals surface area (Å²) in [4.78, 5) is 0. The molecule has 0 aliphatic carbocycles. The number of fused-ring (bicyclic) bond motifs is 1. The molecule has 0 aromatic heterocycles. The fraction of sp³-hybridized carbons (Fsp3) is 0.600. The van der Waals surface area contributed by atoms with Crippen molar-refractivity contribution >= 4 is 0 Å². The summed E-state index contributed by atoms with van der Waals surface area (Å²) in [5.74, 6) is 1.09. The summed E-state index contributed by atoms with van der Waals surface area (Å²) >= 11 is 0. The van der Waals surface area contributed by atoms with Crippen molar-refractivity contribution in [3.05, 3.63) is 29.8 Å². The van der Waals surface area contributed by atoms with Crippen molar-refractivity contribution in [3.63, 3.8) is 0 Å². The molecule has 94 valence electrons. The van der Waals surface area contributed by atoms with Crippen molar-refractivity contribution in [3.8, 4) is 5.75 Å². The Bertz CT molecular complexity index is 326. The first kappa shape index (κ1) is 12.4. The van der Waals surface area contributed by atoms with E-state index in [1.54, 1.807) is 0 Å². The van der Waals surface area contributed by atoms with E-state index in [4.69, 9.17) is 4.74 Å². The average Bonchev–Trinajstić information content (AvgIpc) is 2.76. The van der Waals surface area contributed by atoms with Crippen molar-refractivity contribution in [1.29, 1.82) is 0 Å². The number of nitrogens with one attached hydrogen (secondary N) is 1. The number of ether oxygens (including phenoxy) is 1. The molecule has 0 fully saturated rings. The quantitative estimate of drug-likeness (QED) is 0.815. The van der Waals surface area contributed by atoms with Gasteiger partial charge in [0.05, 0.1) is 0 Å². The van der Waals surface area contributed by atoms with Crippen LogP contribution in [0.25, 0.3) is 0 Å². The maximum absolute atomic E-state index is 5.93. The van der Waals surface area contributed by atoms with Gasteiger partial charge in [-0.2, -0.15) is 0 Å². The van der Waals surface area contributed by atoms with Gasteiger partial charge in [-0.1, -0.05) is 25.1 Å². The van der Waals surface area contributed by atoms with Crippen LogP contribution in [0.3, 0.4) is 0 Å². The van der Waals surface area contributed by atoms with Crippen LogP contribution in [-0.2, 0) is 6.42 Å². The number of rotatable bonds is 6. The Balaban J connectivity index is 1.73. The molecular weight excluding hydrogens is 210 g/mol. The summed E-state index contributed by atoms with van der Waals surface area (Å²) in [6.07, 6.45) is 5.01. The zero-order valence-electron chi connectivity index (χ0n) is 10.9. The molecule has 0 bridgehead atoms. The molecule has 2 nitrogen and oxygen atoms in total. The molecule has 2 unspecified atom stereocenters. The fourth-order valence-electron chi connectivity index (χ4n) is 2.34. The Morgan fingerprint density at radius 3 is 3.00 bits per heavy atom. The van der Waals surface area contributed by atoms with Crippen molar-refractivity contribution in [2.45, 2.75) is 51.7 Å². The maximum atomic E-state index is 5.93. The van der Waals surface area contributed by atoms with E-state index >= 15 is 0 Å². The molecule has 2 atom stereocenters. The zero-order valence-corrected chi connectivity index (χ0v) is 10.9. The first-order valence-corrected chi connectivity index (χ1v) is 6.77. The fourth-order valence-corrected chi connectivity index (χ4v) is 2.34. The second-order valence-electron chi connectivity index (χ2n) is 4.98. The van der Waals surface area contributed by atoms with Crippen LogP contribution in [0.1, 0.15) is 38.7 Å². The second kappa shape index (κ2) is 6.06. The van der Waals surface area contributed by atoms with E-state index < -0.39 is 0 Å². The van der Waals surface area contributed by atoms with E-state index in [2.05, 4.69) is 37.4 Å². The molecule has 1 aromatic rings. The minimum Gasteiger partial charge on any atom is -0.490 e. The largest absolute Gasteiger partial charge is 0.490 e. The third-order valence-electron chi connectivity index (χ3n) is 3.38. The minimum absolute atomic E-state index is 0.387. The predicted molar refractivity (Wildman–Crippen MR) is 71.6 cm³/mol. The molecule has 0 radical (unpaired) electrons. The second-order valence-corrected chi connectivity index (χ2v) is 4.98. The first-order chi connectivity index (χ1) is 8.29. The SMILES string of the molecule is CCCNC(C)CCC1Cc2ccccc2O1. The molecule has 17 heavy (non-hydrogen) atoms. The Morgan fingerprint density at radius 1 is 1.41 bits per heavy atom. The van der Waals surface area contributed by atoms with E-state index in [9.17, 15) is 0 Å². The summed E-state index contributed by atoms with van der Waals surface area (Å²) < 4.78 is 5.93. The van der Waals surface area contributed by atoms with Crippen molar-refractivity contribution < 1.29 is 4.74 Å². The molecule has 0 amide bonds. The van der Waals surface area contributed by atoms with Gasteiger partial charge in [0.15, 0.2) is 0 Å². The molecule has 1 heterocycles. The molecule has 0 saturated heterocycles. The Hall–Kier alpha value is -1.02. The lowest BCUT2D eigenvalue weighted by molar-refractivity contribution is 0.212. The third kappa shape index (κ3) is 3.47. The highest BCUT2D eigenvalue weighted by molar-refractivity contribution is 5.37. The lowest BCUT2D eigenvalue weighted by Crippen LogP contribution is -2.28. The zero-order chi connectivity index (χ0) is 12.1. The highest BCUT2D eigenvalue weighted by Crippen LogP contribution is 2.30. The van der Waals surface area contributed by atoms with Crippen molar-refractivity contribution in [2.24, 2.45) is 0 Å². The van der Waals surface area contributed by atoms with E-state index in [0.717, 1.165) is 25.1 Å². The predicted octanol–water partition coefficient (Wildman–Crippen LogP) is 3.16. The van der Waals surface area contributed by atoms with Gasteiger partial charge in [0, 0.05) is 12.5 Å². The lowest BCUT2D eigenvalue weighted by atomic mass is 10.0.